The summed E-state index contributed by atoms with van der Waals surface area (Å²) in [4.78, 5) is 18.7. The van der Waals surface area contributed by atoms with Crippen LogP contribution in [0.4, 0.5) is 0 Å². The zero-order valence-electron chi connectivity index (χ0n) is 16.6. The Hall–Kier alpha value is -3.39. The van der Waals surface area contributed by atoms with Gasteiger partial charge in [0.25, 0.3) is 5.56 Å². The predicted molar refractivity (Wildman–Crippen MR) is 114 cm³/mol. The number of aromatic nitrogens is 4. The Kier molecular flexibility index (Phi) is 4.02. The van der Waals surface area contributed by atoms with Gasteiger partial charge in [0.05, 0.1) is 22.7 Å². The van der Waals surface area contributed by atoms with Gasteiger partial charge in [-0.25, -0.2) is 4.98 Å². The molecule has 5 nitrogen and oxygen atoms in total. The maximum Gasteiger partial charge on any atom is 0.267 e. The maximum atomic E-state index is 13.7. The van der Waals surface area contributed by atoms with E-state index in [1.165, 1.54) is 0 Å². The molecule has 0 aliphatic heterocycles. The van der Waals surface area contributed by atoms with E-state index in [1.807, 2.05) is 42.1 Å². The van der Waals surface area contributed by atoms with E-state index >= 15 is 0 Å². The number of nitrogens with zero attached hydrogens (tertiary/aromatic N) is 4. The third-order valence-corrected chi connectivity index (χ3v) is 5.72. The number of fused-ring (bicyclic) bond motifs is 1. The molecule has 144 valence electrons. The maximum absolute atomic E-state index is 13.7. The fourth-order valence-corrected chi connectivity index (χ4v) is 3.78. The van der Waals surface area contributed by atoms with E-state index in [2.05, 4.69) is 36.0 Å². The Labute approximate surface area is 169 Å². The van der Waals surface area contributed by atoms with Gasteiger partial charge in [0.15, 0.2) is 0 Å². The lowest BCUT2D eigenvalue weighted by atomic mass is 10.0. The number of rotatable bonds is 2. The first-order chi connectivity index (χ1) is 14.0. The van der Waals surface area contributed by atoms with Crippen LogP contribution in [0.1, 0.15) is 49.6 Å². The first-order valence-corrected chi connectivity index (χ1v) is 9.99. The summed E-state index contributed by atoms with van der Waals surface area (Å²) in [7, 11) is 1.86. The largest absolute Gasteiger partial charge is 0.275 e. The minimum atomic E-state index is -0.0352. The van der Waals surface area contributed by atoms with Gasteiger partial charge in [-0.15, -0.1) is 0 Å². The summed E-state index contributed by atoms with van der Waals surface area (Å²) in [6.07, 6.45) is 13.9. The van der Waals surface area contributed by atoms with Crippen molar-refractivity contribution < 1.29 is 0 Å². The first kappa shape index (κ1) is 17.7. The molecule has 2 heterocycles. The van der Waals surface area contributed by atoms with Crippen LogP contribution in [0.15, 0.2) is 53.6 Å². The van der Waals surface area contributed by atoms with Crippen molar-refractivity contribution in [1.29, 1.82) is 0 Å². The molecule has 29 heavy (non-hydrogen) atoms. The summed E-state index contributed by atoms with van der Waals surface area (Å²) < 4.78 is 3.53. The summed E-state index contributed by atoms with van der Waals surface area (Å²) in [6, 6.07) is 5.73. The molecule has 0 unspecified atom stereocenters. The molecule has 0 radical (unpaired) electrons. The molecule has 1 fully saturated rings. The fourth-order valence-electron chi connectivity index (χ4n) is 3.78. The highest BCUT2D eigenvalue weighted by Gasteiger charge is 2.43. The monoisotopic (exact) mass is 382 g/mol. The van der Waals surface area contributed by atoms with E-state index in [0.717, 1.165) is 42.8 Å². The number of hydrogen-bond acceptors (Lipinski definition) is 3. The number of aryl methyl sites for hydroxylation is 1. The average molecular weight is 382 g/mol. The number of benzene rings is 1. The Morgan fingerprint density at radius 2 is 2.03 bits per heavy atom. The molecule has 1 saturated carbocycles. The van der Waals surface area contributed by atoms with Crippen LogP contribution in [0.2, 0.25) is 0 Å². The van der Waals surface area contributed by atoms with Crippen LogP contribution in [0, 0.1) is 11.8 Å². The molecular formula is C24H22N4O. The Morgan fingerprint density at radius 3 is 2.72 bits per heavy atom. The summed E-state index contributed by atoms with van der Waals surface area (Å²) in [5.74, 6) is 7.15. The summed E-state index contributed by atoms with van der Waals surface area (Å²) >= 11 is 0. The second-order valence-electron chi connectivity index (χ2n) is 8.10. The van der Waals surface area contributed by atoms with Crippen molar-refractivity contribution in [2.45, 2.75) is 38.0 Å². The van der Waals surface area contributed by atoms with Crippen molar-refractivity contribution >= 4 is 16.6 Å². The van der Waals surface area contributed by atoms with Crippen molar-refractivity contribution in [3.05, 3.63) is 76.1 Å². The normalized spacial score (nSPS) is 17.0. The van der Waals surface area contributed by atoms with Gasteiger partial charge in [0, 0.05) is 29.9 Å². The molecule has 2 aromatic heterocycles. The van der Waals surface area contributed by atoms with Crippen molar-refractivity contribution in [3.8, 4) is 11.8 Å². The summed E-state index contributed by atoms with van der Waals surface area (Å²) in [6.45, 7) is 2.19. The second kappa shape index (κ2) is 6.59. The number of allylic oxidation sites excluding steroid dienone is 4. The third-order valence-electron chi connectivity index (χ3n) is 5.72. The van der Waals surface area contributed by atoms with E-state index in [1.54, 1.807) is 10.9 Å². The summed E-state index contributed by atoms with van der Waals surface area (Å²) in [5, 5.41) is 4.73. The lowest BCUT2D eigenvalue weighted by Gasteiger charge is -2.20. The Bertz CT molecular complexity index is 1310. The van der Waals surface area contributed by atoms with Crippen LogP contribution in [0.25, 0.3) is 16.6 Å². The third kappa shape index (κ3) is 3.11. The molecule has 0 saturated heterocycles. The quantitative estimate of drug-likeness (QED) is 0.634. The minimum Gasteiger partial charge on any atom is -0.275 e. The SMILES string of the molecule is Cn1cc(C#Cc2cccc3nc(C4(C)CC4)n(C4=CCCC=C4)c(=O)c23)cn1. The second-order valence-corrected chi connectivity index (χ2v) is 8.10. The van der Waals surface area contributed by atoms with E-state index in [9.17, 15) is 4.79 Å². The molecule has 5 rings (SSSR count). The average Bonchev–Trinajstić information content (AvgIpc) is 3.35. The molecule has 2 aliphatic carbocycles. The topological polar surface area (TPSA) is 52.7 Å². The smallest absolute Gasteiger partial charge is 0.267 e. The van der Waals surface area contributed by atoms with Crippen molar-refractivity contribution in [2.24, 2.45) is 7.05 Å². The Morgan fingerprint density at radius 1 is 1.17 bits per heavy atom. The van der Waals surface area contributed by atoms with E-state index < -0.39 is 0 Å². The number of hydrogen-bond donors (Lipinski definition) is 0. The molecule has 0 atom stereocenters. The first-order valence-electron chi connectivity index (χ1n) is 9.99. The lowest BCUT2D eigenvalue weighted by Crippen LogP contribution is -2.28. The van der Waals surface area contributed by atoms with Crippen molar-refractivity contribution in [3.63, 3.8) is 0 Å². The zero-order chi connectivity index (χ0) is 20.0. The fraction of sp³-hybridized carbons (Fsp3) is 0.292. The Balaban J connectivity index is 1.76. The van der Waals surface area contributed by atoms with Crippen LogP contribution < -0.4 is 5.56 Å². The van der Waals surface area contributed by atoms with Crippen LogP contribution in [0.5, 0.6) is 0 Å². The van der Waals surface area contributed by atoms with E-state index in [4.69, 9.17) is 4.98 Å². The molecule has 0 N–H and O–H groups in total. The van der Waals surface area contributed by atoms with Gasteiger partial charge in [0.1, 0.15) is 5.82 Å². The van der Waals surface area contributed by atoms with Crippen LogP contribution >= 0.6 is 0 Å². The highest BCUT2D eigenvalue weighted by atomic mass is 16.1. The minimum absolute atomic E-state index is 0.0309. The molecule has 0 bridgehead atoms. The molecule has 0 spiro atoms. The van der Waals surface area contributed by atoms with Gasteiger partial charge in [-0.05, 0) is 43.9 Å². The lowest BCUT2D eigenvalue weighted by molar-refractivity contribution is 0.674. The van der Waals surface area contributed by atoms with Crippen molar-refractivity contribution in [1.82, 2.24) is 19.3 Å². The standard InChI is InChI=1S/C24H22N4O/c1-24(13-14-24)23-26-20-10-6-7-18(12-11-17-15-25-27(2)16-17)21(20)22(29)28(23)19-8-4-3-5-9-19/h4,6-10,15-16H,3,5,13-14H2,1-2H3. The molecule has 5 heteroatoms. The van der Waals surface area contributed by atoms with Crippen molar-refractivity contribution in [2.75, 3.05) is 0 Å². The molecular weight excluding hydrogens is 360 g/mol. The van der Waals surface area contributed by atoms with Gasteiger partial charge in [0.2, 0.25) is 0 Å². The summed E-state index contributed by atoms with van der Waals surface area (Å²) in [5.41, 5.74) is 3.09. The molecule has 2 aliphatic rings. The van der Waals surface area contributed by atoms with Gasteiger partial charge < -0.3 is 0 Å². The molecule has 0 amide bonds. The molecule has 1 aromatic carbocycles. The highest BCUT2D eigenvalue weighted by Crippen LogP contribution is 2.47. The van der Waals surface area contributed by atoms with Gasteiger partial charge in [-0.1, -0.05) is 37.0 Å². The van der Waals surface area contributed by atoms with Crippen LogP contribution in [-0.4, -0.2) is 19.3 Å². The predicted octanol–water partition coefficient (Wildman–Crippen LogP) is 3.77. The van der Waals surface area contributed by atoms with E-state index in [-0.39, 0.29) is 11.0 Å². The zero-order valence-corrected chi connectivity index (χ0v) is 16.6. The highest BCUT2D eigenvalue weighted by molar-refractivity contribution is 5.85. The van der Waals surface area contributed by atoms with Gasteiger partial charge in [-0.2, -0.15) is 5.10 Å². The molecule has 3 aromatic rings. The van der Waals surface area contributed by atoms with Gasteiger partial charge in [-0.3, -0.25) is 14.0 Å². The van der Waals surface area contributed by atoms with Gasteiger partial charge >= 0.3 is 0 Å². The van der Waals surface area contributed by atoms with E-state index in [0.29, 0.717) is 16.5 Å². The van der Waals surface area contributed by atoms with Crippen LogP contribution in [-0.2, 0) is 12.5 Å². The van der Waals surface area contributed by atoms with Crippen LogP contribution in [0.3, 0.4) is 0 Å².